The molecule has 0 amide bonds. The summed E-state index contributed by atoms with van der Waals surface area (Å²) in [6.07, 6.45) is 2.94. The lowest BCUT2D eigenvalue weighted by atomic mass is 10.3. The summed E-state index contributed by atoms with van der Waals surface area (Å²) >= 11 is 0. The second kappa shape index (κ2) is 5.58. The van der Waals surface area contributed by atoms with E-state index in [1.807, 2.05) is 0 Å². The Bertz CT molecular complexity index is 116. The SMILES string of the molecule is Br.C1CC[N+]2(C1)CCNCC2.[Br-]. The molecule has 0 bridgehead atoms. The molecule has 4 heteroatoms. The molecule has 1 spiro atoms. The van der Waals surface area contributed by atoms with Gasteiger partial charge in [-0.15, -0.1) is 17.0 Å². The van der Waals surface area contributed by atoms with Crippen molar-refractivity contribution < 1.29 is 21.5 Å². The summed E-state index contributed by atoms with van der Waals surface area (Å²) in [5.41, 5.74) is 0. The van der Waals surface area contributed by atoms with Crippen LogP contribution in [0.5, 0.6) is 0 Å². The highest BCUT2D eigenvalue weighted by molar-refractivity contribution is 8.93. The number of hydrogen-bond donors (Lipinski definition) is 1. The molecule has 12 heavy (non-hydrogen) atoms. The minimum absolute atomic E-state index is 0. The van der Waals surface area contributed by atoms with Crippen LogP contribution in [0.25, 0.3) is 0 Å². The van der Waals surface area contributed by atoms with E-state index in [1.165, 1.54) is 56.6 Å². The first-order valence-corrected chi connectivity index (χ1v) is 4.47. The summed E-state index contributed by atoms with van der Waals surface area (Å²) < 4.78 is 1.44. The maximum atomic E-state index is 3.42. The van der Waals surface area contributed by atoms with Gasteiger partial charge in [0.1, 0.15) is 0 Å². The Labute approximate surface area is 95.8 Å². The van der Waals surface area contributed by atoms with E-state index in [2.05, 4.69) is 5.32 Å². The van der Waals surface area contributed by atoms with Crippen LogP contribution in [-0.2, 0) is 0 Å². The standard InChI is InChI=1S/C8H17N2.2BrH/c1-2-6-10(5-1)7-3-9-4-8-10;;/h9H,1-8H2;2*1H/q+1;;/p-1. The Kier molecular flexibility index (Phi) is 5.99. The van der Waals surface area contributed by atoms with Gasteiger partial charge >= 0.3 is 0 Å². The fourth-order valence-corrected chi connectivity index (χ4v) is 2.32. The summed E-state index contributed by atoms with van der Waals surface area (Å²) in [4.78, 5) is 0. The van der Waals surface area contributed by atoms with Crippen molar-refractivity contribution in [3.8, 4) is 0 Å². The lowest BCUT2D eigenvalue weighted by Crippen LogP contribution is -3.00. The van der Waals surface area contributed by atoms with Crippen molar-refractivity contribution >= 4 is 17.0 Å². The van der Waals surface area contributed by atoms with Gasteiger partial charge in [0, 0.05) is 25.9 Å². The maximum Gasteiger partial charge on any atom is 0.0913 e. The number of nitrogens with one attached hydrogen (secondary N) is 1. The van der Waals surface area contributed by atoms with E-state index in [0.29, 0.717) is 0 Å². The smallest absolute Gasteiger partial charge is 0.0913 e. The first-order valence-electron chi connectivity index (χ1n) is 4.47. The first-order chi connectivity index (χ1) is 4.91. The van der Waals surface area contributed by atoms with E-state index >= 15 is 0 Å². The molecule has 74 valence electrons. The van der Waals surface area contributed by atoms with Gasteiger partial charge in [-0.25, -0.2) is 0 Å². The largest absolute Gasteiger partial charge is 1.00 e. The third-order valence-corrected chi connectivity index (χ3v) is 3.04. The zero-order chi connectivity index (χ0) is 6.86. The molecule has 0 aliphatic carbocycles. The minimum atomic E-state index is 0. The van der Waals surface area contributed by atoms with Crippen molar-refractivity contribution in [2.24, 2.45) is 0 Å². The van der Waals surface area contributed by atoms with E-state index in [-0.39, 0.29) is 34.0 Å². The normalized spacial score (nSPS) is 26.0. The van der Waals surface area contributed by atoms with Crippen LogP contribution in [0.2, 0.25) is 0 Å². The van der Waals surface area contributed by atoms with Crippen molar-refractivity contribution in [2.75, 3.05) is 39.3 Å². The van der Waals surface area contributed by atoms with Crippen LogP contribution in [0.4, 0.5) is 0 Å². The number of hydrogen-bond acceptors (Lipinski definition) is 1. The fourth-order valence-electron chi connectivity index (χ4n) is 2.32. The van der Waals surface area contributed by atoms with Gasteiger partial charge < -0.3 is 26.8 Å². The highest BCUT2D eigenvalue weighted by atomic mass is 79.9. The third kappa shape index (κ3) is 2.69. The Morgan fingerprint density at radius 1 is 0.833 bits per heavy atom. The molecule has 0 unspecified atom stereocenters. The molecular formula is C8H18Br2N2. The molecule has 2 fully saturated rings. The van der Waals surface area contributed by atoms with Gasteiger partial charge in [0.2, 0.25) is 0 Å². The van der Waals surface area contributed by atoms with Crippen molar-refractivity contribution in [2.45, 2.75) is 12.8 Å². The monoisotopic (exact) mass is 300 g/mol. The third-order valence-electron chi connectivity index (χ3n) is 3.04. The maximum absolute atomic E-state index is 3.42. The molecule has 0 saturated carbocycles. The topological polar surface area (TPSA) is 12.0 Å². The van der Waals surface area contributed by atoms with Gasteiger partial charge in [0.05, 0.1) is 26.2 Å². The molecule has 0 aromatic carbocycles. The van der Waals surface area contributed by atoms with Crippen molar-refractivity contribution in [3.63, 3.8) is 0 Å². The lowest BCUT2D eigenvalue weighted by molar-refractivity contribution is -0.918. The van der Waals surface area contributed by atoms with Crippen LogP contribution in [-0.4, -0.2) is 43.8 Å². The van der Waals surface area contributed by atoms with E-state index < -0.39 is 0 Å². The van der Waals surface area contributed by atoms with Crippen LogP contribution in [0.3, 0.4) is 0 Å². The highest BCUT2D eigenvalue weighted by Crippen LogP contribution is 2.19. The zero-order valence-electron chi connectivity index (χ0n) is 7.39. The Balaban J connectivity index is 0.000000605. The zero-order valence-corrected chi connectivity index (χ0v) is 10.7. The van der Waals surface area contributed by atoms with Gasteiger partial charge in [0.15, 0.2) is 0 Å². The van der Waals surface area contributed by atoms with Gasteiger partial charge in [-0.1, -0.05) is 0 Å². The van der Waals surface area contributed by atoms with Gasteiger partial charge in [-0.2, -0.15) is 0 Å². The van der Waals surface area contributed by atoms with Gasteiger partial charge in [-0.05, 0) is 0 Å². The first kappa shape index (κ1) is 12.9. The summed E-state index contributed by atoms with van der Waals surface area (Å²) in [5.74, 6) is 0. The lowest BCUT2D eigenvalue weighted by Gasteiger charge is -2.37. The Morgan fingerprint density at radius 3 is 1.83 bits per heavy atom. The molecule has 2 rings (SSSR count). The van der Waals surface area contributed by atoms with Crippen molar-refractivity contribution in [3.05, 3.63) is 0 Å². The van der Waals surface area contributed by atoms with E-state index in [0.717, 1.165) is 0 Å². The van der Waals surface area contributed by atoms with Crippen LogP contribution >= 0.6 is 17.0 Å². The predicted molar refractivity (Wildman–Crippen MR) is 52.2 cm³/mol. The molecule has 0 radical (unpaired) electrons. The molecule has 2 nitrogen and oxygen atoms in total. The molecule has 0 aromatic heterocycles. The number of rotatable bonds is 0. The van der Waals surface area contributed by atoms with E-state index in [4.69, 9.17) is 0 Å². The molecule has 0 atom stereocenters. The number of quaternary nitrogens is 1. The second-order valence-electron chi connectivity index (χ2n) is 3.69. The average Bonchev–Trinajstić information content (AvgIpc) is 2.39. The molecule has 2 heterocycles. The molecule has 2 aliphatic heterocycles. The van der Waals surface area contributed by atoms with E-state index in [9.17, 15) is 0 Å². The van der Waals surface area contributed by atoms with Gasteiger partial charge in [0.25, 0.3) is 0 Å². The van der Waals surface area contributed by atoms with Crippen LogP contribution in [0.15, 0.2) is 0 Å². The van der Waals surface area contributed by atoms with Crippen LogP contribution < -0.4 is 22.3 Å². The average molecular weight is 302 g/mol. The summed E-state index contributed by atoms with van der Waals surface area (Å²) in [7, 11) is 0. The number of piperazine rings is 1. The second-order valence-corrected chi connectivity index (χ2v) is 3.69. The quantitative estimate of drug-likeness (QED) is 0.500. The molecule has 1 N–H and O–H groups in total. The highest BCUT2D eigenvalue weighted by Gasteiger charge is 2.32. The minimum Gasteiger partial charge on any atom is -1.00 e. The predicted octanol–water partition coefficient (Wildman–Crippen LogP) is -2.22. The molecular weight excluding hydrogens is 284 g/mol. The number of nitrogens with zero attached hydrogens (tertiary/aromatic N) is 1. The fraction of sp³-hybridized carbons (Fsp3) is 1.00. The van der Waals surface area contributed by atoms with Crippen LogP contribution in [0.1, 0.15) is 12.8 Å². The Morgan fingerprint density at radius 2 is 1.33 bits per heavy atom. The van der Waals surface area contributed by atoms with Crippen molar-refractivity contribution in [1.29, 1.82) is 0 Å². The Hall–Kier alpha value is 0.880. The summed E-state index contributed by atoms with van der Waals surface area (Å²) in [6, 6.07) is 0. The van der Waals surface area contributed by atoms with Gasteiger partial charge in [-0.3, -0.25) is 0 Å². The summed E-state index contributed by atoms with van der Waals surface area (Å²) in [5, 5.41) is 3.42. The summed E-state index contributed by atoms with van der Waals surface area (Å²) in [6.45, 7) is 8.20. The van der Waals surface area contributed by atoms with Crippen molar-refractivity contribution in [1.82, 2.24) is 5.32 Å². The molecule has 2 saturated heterocycles. The number of halogens is 2. The molecule has 2 aliphatic rings. The molecule has 0 aromatic rings. The van der Waals surface area contributed by atoms with Crippen LogP contribution in [0, 0.1) is 0 Å². The van der Waals surface area contributed by atoms with E-state index in [1.54, 1.807) is 0 Å².